The van der Waals surface area contributed by atoms with Crippen LogP contribution in [0.15, 0.2) is 30.6 Å². The normalized spacial score (nSPS) is 10.2. The van der Waals surface area contributed by atoms with Gasteiger partial charge in [0.05, 0.1) is 16.0 Å². The quantitative estimate of drug-likeness (QED) is 0.675. The van der Waals surface area contributed by atoms with Crippen molar-refractivity contribution in [3.05, 3.63) is 51.5 Å². The van der Waals surface area contributed by atoms with Gasteiger partial charge in [0.25, 0.3) is 5.69 Å². The van der Waals surface area contributed by atoms with Gasteiger partial charge in [-0.25, -0.2) is 4.39 Å². The van der Waals surface area contributed by atoms with Crippen LogP contribution in [0.2, 0.25) is 5.02 Å². The van der Waals surface area contributed by atoms with E-state index in [1.807, 2.05) is 0 Å². The molecule has 2 rings (SSSR count). The lowest BCUT2D eigenvalue weighted by molar-refractivity contribution is -0.385. The van der Waals surface area contributed by atoms with Gasteiger partial charge in [0.15, 0.2) is 11.6 Å². The summed E-state index contributed by atoms with van der Waals surface area (Å²) < 4.78 is 18.7. The number of halogens is 2. The van der Waals surface area contributed by atoms with Crippen molar-refractivity contribution < 1.29 is 14.1 Å². The minimum absolute atomic E-state index is 0.155. The topological polar surface area (TPSA) is 68.2 Å². The monoisotopic (exact) mass is 256 g/mol. The first-order valence-corrected chi connectivity index (χ1v) is 4.90. The molecule has 0 saturated carbocycles. The zero-order valence-corrected chi connectivity index (χ0v) is 9.07. The summed E-state index contributed by atoms with van der Waals surface area (Å²) in [5.74, 6) is -0.762. The average molecular weight is 257 g/mol. The number of aromatic amines is 1. The molecule has 0 bridgehead atoms. The van der Waals surface area contributed by atoms with Crippen molar-refractivity contribution in [2.24, 2.45) is 0 Å². The number of nitro benzene ring substituents is 1. The zero-order chi connectivity index (χ0) is 12.4. The molecule has 7 heteroatoms. The molecule has 0 aliphatic carbocycles. The molecule has 0 atom stereocenters. The van der Waals surface area contributed by atoms with E-state index in [4.69, 9.17) is 16.3 Å². The molecule has 1 N–H and O–H groups in total. The largest absolute Gasteiger partial charge is 0.451 e. The van der Waals surface area contributed by atoms with Crippen molar-refractivity contribution in [2.45, 2.75) is 0 Å². The molecule has 0 fully saturated rings. The number of benzene rings is 1. The molecule has 0 aliphatic rings. The number of nitrogens with one attached hydrogen (secondary N) is 1. The van der Waals surface area contributed by atoms with Crippen LogP contribution in [0.4, 0.5) is 10.1 Å². The Morgan fingerprint density at radius 3 is 2.76 bits per heavy atom. The number of ether oxygens (including phenoxy) is 1. The lowest BCUT2D eigenvalue weighted by Gasteiger charge is -2.06. The molecule has 0 aliphatic heterocycles. The third-order valence-electron chi connectivity index (χ3n) is 1.98. The van der Waals surface area contributed by atoms with Gasteiger partial charge in [-0.2, -0.15) is 0 Å². The molecule has 0 saturated heterocycles. The minimum atomic E-state index is -0.884. The third-order valence-corrected chi connectivity index (χ3v) is 2.26. The fraction of sp³-hybridized carbons (Fsp3) is 0. The summed E-state index contributed by atoms with van der Waals surface area (Å²) in [5.41, 5.74) is -0.422. The van der Waals surface area contributed by atoms with E-state index >= 15 is 0 Å². The second-order valence-electron chi connectivity index (χ2n) is 3.14. The summed E-state index contributed by atoms with van der Waals surface area (Å²) in [6, 6.07) is 3.36. The Morgan fingerprint density at radius 2 is 2.24 bits per heavy atom. The zero-order valence-electron chi connectivity index (χ0n) is 8.31. The van der Waals surface area contributed by atoms with Crippen molar-refractivity contribution in [3.8, 4) is 11.5 Å². The Kier molecular flexibility index (Phi) is 2.97. The highest BCUT2D eigenvalue weighted by Crippen LogP contribution is 2.35. The Labute approximate surface area is 99.9 Å². The van der Waals surface area contributed by atoms with Crippen molar-refractivity contribution in [1.82, 2.24) is 4.98 Å². The minimum Gasteiger partial charge on any atom is -0.451 e. The van der Waals surface area contributed by atoms with Gasteiger partial charge in [0, 0.05) is 18.5 Å². The van der Waals surface area contributed by atoms with Crippen LogP contribution in [0.5, 0.6) is 11.5 Å². The molecule has 0 amide bonds. The Morgan fingerprint density at radius 1 is 1.47 bits per heavy atom. The maximum Gasteiger partial charge on any atom is 0.274 e. The van der Waals surface area contributed by atoms with Crippen molar-refractivity contribution in [3.63, 3.8) is 0 Å². The number of aromatic nitrogens is 1. The van der Waals surface area contributed by atoms with E-state index < -0.39 is 16.4 Å². The molecule has 0 unspecified atom stereocenters. The molecule has 1 aromatic heterocycles. The predicted molar refractivity (Wildman–Crippen MR) is 58.9 cm³/mol. The second kappa shape index (κ2) is 4.42. The van der Waals surface area contributed by atoms with Crippen molar-refractivity contribution in [1.29, 1.82) is 0 Å². The SMILES string of the molecule is O=[N+]([O-])c1cc(F)c(Oc2cc[nH]c2)c(Cl)c1. The van der Waals surface area contributed by atoms with Crippen LogP contribution in [0.3, 0.4) is 0 Å². The molecule has 5 nitrogen and oxygen atoms in total. The van der Waals surface area contributed by atoms with E-state index in [1.165, 1.54) is 6.20 Å². The average Bonchev–Trinajstić information content (AvgIpc) is 2.75. The highest BCUT2D eigenvalue weighted by Gasteiger charge is 2.17. The van der Waals surface area contributed by atoms with E-state index in [0.717, 1.165) is 12.1 Å². The molecule has 1 aromatic carbocycles. The molecule has 0 radical (unpaired) electrons. The van der Waals surface area contributed by atoms with E-state index in [-0.39, 0.29) is 10.8 Å². The Hall–Kier alpha value is -2.08. The summed E-state index contributed by atoms with van der Waals surface area (Å²) in [7, 11) is 0. The number of hydrogen-bond acceptors (Lipinski definition) is 3. The van der Waals surface area contributed by atoms with Crippen molar-refractivity contribution >= 4 is 17.3 Å². The summed E-state index contributed by atoms with van der Waals surface area (Å²) in [4.78, 5) is 12.5. The van der Waals surface area contributed by atoms with Gasteiger partial charge in [0.1, 0.15) is 5.75 Å². The van der Waals surface area contributed by atoms with Crippen molar-refractivity contribution in [2.75, 3.05) is 0 Å². The number of hydrogen-bond donors (Lipinski definition) is 1. The summed E-state index contributed by atoms with van der Waals surface area (Å²) in [6.45, 7) is 0. The first-order chi connectivity index (χ1) is 8.08. The smallest absolute Gasteiger partial charge is 0.274 e. The van der Waals surface area contributed by atoms with Gasteiger partial charge < -0.3 is 9.72 Å². The van der Waals surface area contributed by atoms with E-state index in [2.05, 4.69) is 4.98 Å². The maximum absolute atomic E-state index is 13.5. The van der Waals surface area contributed by atoms with Crippen LogP contribution in [0, 0.1) is 15.9 Å². The Bertz CT molecular complexity index is 534. The van der Waals surface area contributed by atoms with E-state index in [9.17, 15) is 14.5 Å². The number of nitro groups is 1. The summed E-state index contributed by atoms with van der Waals surface area (Å²) in [5, 5.41) is 10.3. The van der Waals surface area contributed by atoms with E-state index in [1.54, 1.807) is 12.3 Å². The van der Waals surface area contributed by atoms with Crippen LogP contribution in [0.1, 0.15) is 0 Å². The number of non-ortho nitro benzene ring substituents is 1. The van der Waals surface area contributed by atoms with Crippen LogP contribution < -0.4 is 4.74 Å². The number of rotatable bonds is 3. The first-order valence-electron chi connectivity index (χ1n) is 4.52. The highest BCUT2D eigenvalue weighted by molar-refractivity contribution is 6.32. The van der Waals surface area contributed by atoms with Gasteiger partial charge in [-0.15, -0.1) is 0 Å². The molecule has 1 heterocycles. The standard InChI is InChI=1S/C10H6ClFN2O3/c11-8-3-6(14(15)16)4-9(12)10(8)17-7-1-2-13-5-7/h1-5,13H. The van der Waals surface area contributed by atoms with Gasteiger partial charge in [0.2, 0.25) is 0 Å². The van der Waals surface area contributed by atoms with Crippen LogP contribution >= 0.6 is 11.6 Å². The lowest BCUT2D eigenvalue weighted by Crippen LogP contribution is -1.93. The molecule has 0 spiro atoms. The number of H-pyrrole nitrogens is 1. The van der Waals surface area contributed by atoms with Crippen LogP contribution in [-0.2, 0) is 0 Å². The predicted octanol–water partition coefficient (Wildman–Crippen LogP) is 3.51. The highest BCUT2D eigenvalue weighted by atomic mass is 35.5. The first kappa shape index (κ1) is 11.4. The van der Waals surface area contributed by atoms with Crippen LogP contribution in [-0.4, -0.2) is 9.91 Å². The molecular formula is C10H6ClFN2O3. The van der Waals surface area contributed by atoms with Gasteiger partial charge in [-0.1, -0.05) is 11.6 Å². The van der Waals surface area contributed by atoms with E-state index in [0.29, 0.717) is 5.75 Å². The second-order valence-corrected chi connectivity index (χ2v) is 3.55. The summed E-state index contributed by atoms with van der Waals surface area (Å²) in [6.07, 6.45) is 3.09. The van der Waals surface area contributed by atoms with Gasteiger partial charge in [-0.3, -0.25) is 10.1 Å². The lowest BCUT2D eigenvalue weighted by atomic mass is 10.3. The van der Waals surface area contributed by atoms with Gasteiger partial charge >= 0.3 is 0 Å². The fourth-order valence-corrected chi connectivity index (χ4v) is 1.48. The summed E-state index contributed by atoms with van der Waals surface area (Å²) >= 11 is 5.72. The van der Waals surface area contributed by atoms with Gasteiger partial charge in [-0.05, 0) is 6.07 Å². The Balaban J connectivity index is 2.38. The van der Waals surface area contributed by atoms with Crippen LogP contribution in [0.25, 0.3) is 0 Å². The molecular weight excluding hydrogens is 251 g/mol. The third kappa shape index (κ3) is 2.36. The molecule has 2 aromatic rings. The maximum atomic E-state index is 13.5. The number of nitrogens with zero attached hydrogens (tertiary/aromatic N) is 1. The fourth-order valence-electron chi connectivity index (χ4n) is 1.24. The molecule has 17 heavy (non-hydrogen) atoms. The molecule has 88 valence electrons.